The minimum Gasteiger partial charge on any atom is -0.478 e. The van der Waals surface area contributed by atoms with Crippen molar-refractivity contribution in [3.05, 3.63) is 53.2 Å². The lowest BCUT2D eigenvalue weighted by atomic mass is 10.1. The van der Waals surface area contributed by atoms with Gasteiger partial charge >= 0.3 is 5.97 Å². The van der Waals surface area contributed by atoms with Crippen LogP contribution in [0.1, 0.15) is 21.6 Å². The van der Waals surface area contributed by atoms with Crippen LogP contribution in [0.4, 0.5) is 0 Å². The number of ether oxygens (including phenoxy) is 1. The lowest BCUT2D eigenvalue weighted by Crippen LogP contribution is -1.98. The molecule has 0 radical (unpaired) electrons. The first-order chi connectivity index (χ1) is 9.10. The van der Waals surface area contributed by atoms with Gasteiger partial charge in [-0.3, -0.25) is 0 Å². The minimum absolute atomic E-state index is 0.198. The average molecular weight is 254 g/mol. The smallest absolute Gasteiger partial charge is 0.335 e. The standard InChI is InChI=1S/C14H10N2O3/c1-9-7-10(14(17)18)5-6-12(9)19-13-4-2-3-11(8-15)16-13/h2-7H,1H3,(H,17,18). The van der Waals surface area contributed by atoms with Crippen LogP contribution >= 0.6 is 0 Å². The second-order valence-corrected chi connectivity index (χ2v) is 3.86. The molecule has 0 unspecified atom stereocenters. The van der Waals surface area contributed by atoms with Crippen LogP contribution in [0.25, 0.3) is 0 Å². The maximum absolute atomic E-state index is 10.8. The van der Waals surface area contributed by atoms with E-state index in [2.05, 4.69) is 4.98 Å². The topological polar surface area (TPSA) is 83.2 Å². The van der Waals surface area contributed by atoms with Gasteiger partial charge in [-0.1, -0.05) is 6.07 Å². The van der Waals surface area contributed by atoms with Crippen LogP contribution in [-0.4, -0.2) is 16.1 Å². The molecular formula is C14H10N2O3. The lowest BCUT2D eigenvalue weighted by Gasteiger charge is -2.08. The molecule has 2 aromatic rings. The average Bonchev–Trinajstić information content (AvgIpc) is 2.41. The Morgan fingerprint density at radius 1 is 1.37 bits per heavy atom. The first-order valence-corrected chi connectivity index (χ1v) is 5.49. The van der Waals surface area contributed by atoms with E-state index in [1.54, 1.807) is 31.2 Å². The fourth-order valence-electron chi connectivity index (χ4n) is 1.54. The van der Waals surface area contributed by atoms with Crippen molar-refractivity contribution in [3.63, 3.8) is 0 Å². The van der Waals surface area contributed by atoms with Gasteiger partial charge in [0.15, 0.2) is 0 Å². The van der Waals surface area contributed by atoms with E-state index in [0.29, 0.717) is 17.2 Å². The van der Waals surface area contributed by atoms with E-state index in [9.17, 15) is 4.79 Å². The van der Waals surface area contributed by atoms with Crippen LogP contribution in [0.2, 0.25) is 0 Å². The second-order valence-electron chi connectivity index (χ2n) is 3.86. The molecule has 0 aliphatic heterocycles. The van der Waals surface area contributed by atoms with Crippen LogP contribution in [0.15, 0.2) is 36.4 Å². The summed E-state index contributed by atoms with van der Waals surface area (Å²) in [5.74, 6) is -0.183. The molecule has 0 bridgehead atoms. The molecular weight excluding hydrogens is 244 g/mol. The van der Waals surface area contributed by atoms with E-state index in [4.69, 9.17) is 15.1 Å². The molecule has 94 valence electrons. The fourth-order valence-corrected chi connectivity index (χ4v) is 1.54. The molecule has 0 atom stereocenters. The third-order valence-corrected chi connectivity index (χ3v) is 2.47. The Hall–Kier alpha value is -2.87. The minimum atomic E-state index is -0.987. The van der Waals surface area contributed by atoms with E-state index < -0.39 is 5.97 Å². The molecule has 1 heterocycles. The molecule has 0 aliphatic carbocycles. The number of hydrogen-bond acceptors (Lipinski definition) is 4. The van der Waals surface area contributed by atoms with Crippen LogP contribution in [0.5, 0.6) is 11.6 Å². The van der Waals surface area contributed by atoms with E-state index >= 15 is 0 Å². The summed E-state index contributed by atoms with van der Waals surface area (Å²) in [5.41, 5.74) is 1.14. The van der Waals surface area contributed by atoms with E-state index in [-0.39, 0.29) is 11.3 Å². The maximum Gasteiger partial charge on any atom is 0.335 e. The van der Waals surface area contributed by atoms with Crippen molar-refractivity contribution in [2.75, 3.05) is 0 Å². The first-order valence-electron chi connectivity index (χ1n) is 5.49. The Balaban J connectivity index is 2.28. The Labute approximate surface area is 109 Å². The van der Waals surface area contributed by atoms with Gasteiger partial charge in [0, 0.05) is 6.07 Å². The first kappa shape index (κ1) is 12.6. The van der Waals surface area contributed by atoms with Gasteiger partial charge in [-0.2, -0.15) is 5.26 Å². The fraction of sp³-hybridized carbons (Fsp3) is 0.0714. The quantitative estimate of drug-likeness (QED) is 0.910. The summed E-state index contributed by atoms with van der Waals surface area (Å²) in [4.78, 5) is 14.8. The van der Waals surface area contributed by atoms with Gasteiger partial charge in [-0.05, 0) is 36.8 Å². The summed E-state index contributed by atoms with van der Waals surface area (Å²) in [6, 6.07) is 11.3. The number of nitriles is 1. The Bertz CT molecular complexity index is 675. The Kier molecular flexibility index (Phi) is 3.44. The molecule has 0 saturated carbocycles. The van der Waals surface area contributed by atoms with E-state index in [1.807, 2.05) is 6.07 Å². The van der Waals surface area contributed by atoms with Gasteiger partial charge in [0.2, 0.25) is 5.88 Å². The van der Waals surface area contributed by atoms with Crippen molar-refractivity contribution < 1.29 is 14.6 Å². The number of aryl methyl sites for hydroxylation is 1. The number of carboxylic acid groups (broad SMARTS) is 1. The predicted molar refractivity (Wildman–Crippen MR) is 67.2 cm³/mol. The summed E-state index contributed by atoms with van der Waals surface area (Å²) in [7, 11) is 0. The van der Waals surface area contributed by atoms with Crippen molar-refractivity contribution in [2.24, 2.45) is 0 Å². The summed E-state index contributed by atoms with van der Waals surface area (Å²) in [6.45, 7) is 1.75. The number of benzene rings is 1. The van der Waals surface area contributed by atoms with Gasteiger partial charge in [0.05, 0.1) is 5.56 Å². The molecule has 0 amide bonds. The van der Waals surface area contributed by atoms with Crippen molar-refractivity contribution in [1.29, 1.82) is 5.26 Å². The molecule has 0 aliphatic rings. The van der Waals surface area contributed by atoms with Gasteiger partial charge in [-0.15, -0.1) is 0 Å². The number of carboxylic acids is 1. The highest BCUT2D eigenvalue weighted by atomic mass is 16.5. The number of aromatic nitrogens is 1. The third kappa shape index (κ3) is 2.87. The molecule has 5 heteroatoms. The molecule has 0 fully saturated rings. The van der Waals surface area contributed by atoms with Gasteiger partial charge in [-0.25, -0.2) is 9.78 Å². The van der Waals surface area contributed by atoms with Crippen molar-refractivity contribution in [2.45, 2.75) is 6.92 Å². The van der Waals surface area contributed by atoms with Crippen molar-refractivity contribution in [1.82, 2.24) is 4.98 Å². The normalized spacial score (nSPS) is 9.68. The monoisotopic (exact) mass is 254 g/mol. The largest absolute Gasteiger partial charge is 0.478 e. The zero-order valence-electron chi connectivity index (χ0n) is 10.1. The molecule has 1 N–H and O–H groups in total. The summed E-state index contributed by atoms with van der Waals surface area (Å²) >= 11 is 0. The van der Waals surface area contributed by atoms with Crippen LogP contribution in [0, 0.1) is 18.3 Å². The second kappa shape index (κ2) is 5.19. The van der Waals surface area contributed by atoms with Crippen molar-refractivity contribution in [3.8, 4) is 17.7 Å². The SMILES string of the molecule is Cc1cc(C(=O)O)ccc1Oc1cccc(C#N)n1. The van der Waals surface area contributed by atoms with Crippen LogP contribution < -0.4 is 4.74 Å². The Morgan fingerprint density at radius 3 is 2.79 bits per heavy atom. The predicted octanol–water partition coefficient (Wildman–Crippen LogP) is 2.75. The summed E-state index contributed by atoms with van der Waals surface area (Å²) in [6.07, 6.45) is 0. The molecule has 5 nitrogen and oxygen atoms in total. The number of carbonyl (C=O) groups is 1. The summed E-state index contributed by atoms with van der Waals surface area (Å²) < 4.78 is 5.53. The number of pyridine rings is 1. The third-order valence-electron chi connectivity index (χ3n) is 2.47. The van der Waals surface area contributed by atoms with Gasteiger partial charge < -0.3 is 9.84 Å². The highest BCUT2D eigenvalue weighted by Gasteiger charge is 2.08. The zero-order valence-corrected chi connectivity index (χ0v) is 10.1. The highest BCUT2D eigenvalue weighted by molar-refractivity contribution is 5.88. The highest BCUT2D eigenvalue weighted by Crippen LogP contribution is 2.24. The number of hydrogen-bond donors (Lipinski definition) is 1. The molecule has 0 saturated heterocycles. The molecule has 0 spiro atoms. The molecule has 2 rings (SSSR count). The Morgan fingerprint density at radius 2 is 2.16 bits per heavy atom. The van der Waals surface area contributed by atoms with Crippen molar-refractivity contribution >= 4 is 5.97 Å². The summed E-state index contributed by atoms with van der Waals surface area (Å²) in [5, 5.41) is 17.6. The molecule has 1 aromatic carbocycles. The lowest BCUT2D eigenvalue weighted by molar-refractivity contribution is 0.0697. The van der Waals surface area contributed by atoms with Gasteiger partial charge in [0.1, 0.15) is 17.5 Å². The number of rotatable bonds is 3. The zero-order chi connectivity index (χ0) is 13.8. The van der Waals surface area contributed by atoms with E-state index in [0.717, 1.165) is 0 Å². The van der Waals surface area contributed by atoms with E-state index in [1.165, 1.54) is 12.1 Å². The van der Waals surface area contributed by atoms with Crippen LogP contribution in [0.3, 0.4) is 0 Å². The number of aromatic carboxylic acids is 1. The van der Waals surface area contributed by atoms with Gasteiger partial charge in [0.25, 0.3) is 0 Å². The maximum atomic E-state index is 10.8. The molecule has 19 heavy (non-hydrogen) atoms. The molecule has 1 aromatic heterocycles. The van der Waals surface area contributed by atoms with Crippen LogP contribution in [-0.2, 0) is 0 Å². The number of nitrogens with zero attached hydrogens (tertiary/aromatic N) is 2.